The Morgan fingerprint density at radius 1 is 1.20 bits per heavy atom. The molecule has 0 aliphatic carbocycles. The normalized spacial score (nSPS) is 15.2. The Bertz CT molecular complexity index is 22.4. The molecule has 0 fully saturated rings. The summed E-state index contributed by atoms with van der Waals surface area (Å²) in [5, 5.41) is 0. The number of halogens is 3. The molecular formula is CH3CuF3. The minimum atomic E-state index is -4.62. The Kier molecular flexibility index (Phi) is 1.26. The summed E-state index contributed by atoms with van der Waals surface area (Å²) in [7, 11) is 0. The fourth-order valence-corrected chi connectivity index (χ4v) is 0. The van der Waals surface area contributed by atoms with Gasteiger partial charge in [-0.15, -0.1) is 0 Å². The van der Waals surface area contributed by atoms with Gasteiger partial charge in [0.1, 0.15) is 0 Å². The van der Waals surface area contributed by atoms with Crippen LogP contribution in [0.25, 0.3) is 0 Å². The Morgan fingerprint density at radius 3 is 1.20 bits per heavy atom. The molecule has 0 saturated carbocycles. The molecule has 0 saturated heterocycles. The van der Waals surface area contributed by atoms with E-state index in [0.717, 1.165) is 0 Å². The predicted octanol–water partition coefficient (Wildman–Crippen LogP) is 1.84. The molecule has 0 heterocycles. The molecule has 4 heteroatoms. The van der Waals surface area contributed by atoms with Gasteiger partial charge >= 0.3 is 30.7 Å². The first-order valence-corrected chi connectivity index (χ1v) is 2.65. The van der Waals surface area contributed by atoms with Crippen molar-refractivity contribution in [2.75, 3.05) is 0 Å². The van der Waals surface area contributed by atoms with Crippen LogP contribution in [-0.4, -0.2) is 0 Å². The number of rotatable bonds is 0. The van der Waals surface area contributed by atoms with Gasteiger partial charge in [-0.1, -0.05) is 0 Å². The minimum absolute atomic E-state index is 0.266. The van der Waals surface area contributed by atoms with Gasteiger partial charge in [0.05, 0.1) is 0 Å². The van der Waals surface area contributed by atoms with Crippen molar-refractivity contribution in [1.29, 1.82) is 0 Å². The van der Waals surface area contributed by atoms with Gasteiger partial charge in [0.15, 0.2) is 0 Å². The van der Waals surface area contributed by atoms with Gasteiger partial charge in [-0.25, -0.2) is 0 Å². The number of hydrogen-bond donors (Lipinski definition) is 0. The van der Waals surface area contributed by atoms with E-state index in [1.165, 1.54) is 0 Å². The average molecular weight is 136 g/mol. The van der Waals surface area contributed by atoms with Crippen LogP contribution >= 0.6 is 0 Å². The van der Waals surface area contributed by atoms with Crippen LogP contribution in [0.5, 0.6) is 0 Å². The van der Waals surface area contributed by atoms with Crippen molar-refractivity contribution in [2.45, 2.75) is 5.82 Å². The van der Waals surface area contributed by atoms with Crippen molar-refractivity contribution in [2.24, 2.45) is 0 Å². The molecule has 0 unspecified atom stereocenters. The Hall–Kier alpha value is 0.309. The van der Waals surface area contributed by atoms with E-state index >= 15 is 0 Å². The summed E-state index contributed by atoms with van der Waals surface area (Å²) in [6.45, 7) is 0. The van der Waals surface area contributed by atoms with E-state index in [0.29, 0.717) is 0 Å². The molecule has 0 radical (unpaired) electrons. The molecule has 0 nitrogen and oxygen atoms in total. The average Bonchev–Trinajstić information content (AvgIpc) is 0.722. The SMILES string of the molecule is [CH3][Cu]([F])([F])[F]. The van der Waals surface area contributed by atoms with Crippen LogP contribution in [0.3, 0.4) is 0 Å². The van der Waals surface area contributed by atoms with Gasteiger partial charge < -0.3 is 0 Å². The van der Waals surface area contributed by atoms with Gasteiger partial charge in [-0.05, 0) is 0 Å². The zero-order valence-corrected chi connectivity index (χ0v) is 3.38. The van der Waals surface area contributed by atoms with Gasteiger partial charge in [-0.3, -0.25) is 0 Å². The summed E-state index contributed by atoms with van der Waals surface area (Å²) >= 11 is -4.62. The Morgan fingerprint density at radius 2 is 1.20 bits per heavy atom. The third kappa shape index (κ3) is 240. The van der Waals surface area contributed by atoms with Crippen molar-refractivity contribution in [3.63, 3.8) is 0 Å². The Balaban J connectivity index is 3.02. The van der Waals surface area contributed by atoms with Crippen LogP contribution in [0, 0.1) is 0 Å². The molecule has 0 aliphatic rings. The van der Waals surface area contributed by atoms with Crippen LogP contribution in [0.4, 0.5) is 10.7 Å². The molecule has 0 atom stereocenters. The van der Waals surface area contributed by atoms with E-state index in [9.17, 15) is 10.7 Å². The van der Waals surface area contributed by atoms with Crippen molar-refractivity contribution < 1.29 is 24.9 Å². The van der Waals surface area contributed by atoms with Crippen LogP contribution in [0.2, 0.25) is 5.82 Å². The van der Waals surface area contributed by atoms with E-state index in [1.807, 2.05) is 0 Å². The molecule has 0 aromatic rings. The summed E-state index contributed by atoms with van der Waals surface area (Å²) in [6.07, 6.45) is 0. The van der Waals surface area contributed by atoms with Crippen LogP contribution in [0.1, 0.15) is 0 Å². The van der Waals surface area contributed by atoms with E-state index in [4.69, 9.17) is 0 Å². The van der Waals surface area contributed by atoms with Gasteiger partial charge in [0, 0.05) is 0 Å². The second-order valence-electron chi connectivity index (χ2n) is 0.471. The monoisotopic (exact) mass is 135 g/mol. The van der Waals surface area contributed by atoms with E-state index < -0.39 is 14.2 Å². The third-order valence-electron chi connectivity index (χ3n) is 0. The zero-order chi connectivity index (χ0) is 4.50. The maximum absolute atomic E-state index is 10.4. The molecule has 0 aromatic carbocycles. The predicted molar refractivity (Wildman–Crippen MR) is 9.19 cm³/mol. The first-order chi connectivity index (χ1) is 2.00. The molecule has 0 spiro atoms. The number of hydrogen-bond acceptors (Lipinski definition) is 0. The van der Waals surface area contributed by atoms with Gasteiger partial charge in [-0.2, -0.15) is 0 Å². The maximum atomic E-state index is 10.4. The third-order valence-corrected chi connectivity index (χ3v) is 0. The summed E-state index contributed by atoms with van der Waals surface area (Å²) in [4.78, 5) is 0. The van der Waals surface area contributed by atoms with Crippen molar-refractivity contribution in [1.82, 2.24) is 0 Å². The van der Waals surface area contributed by atoms with E-state index in [2.05, 4.69) is 0 Å². The Labute approximate surface area is 31.6 Å². The van der Waals surface area contributed by atoms with Gasteiger partial charge in [0.25, 0.3) is 0 Å². The van der Waals surface area contributed by atoms with Crippen LogP contribution < -0.4 is 0 Å². The van der Waals surface area contributed by atoms with Crippen LogP contribution in [0.15, 0.2) is 0 Å². The van der Waals surface area contributed by atoms with Crippen LogP contribution in [-0.2, 0) is 14.2 Å². The molecule has 5 heavy (non-hydrogen) atoms. The second-order valence-corrected chi connectivity index (χ2v) is 1.94. The summed E-state index contributed by atoms with van der Waals surface area (Å²) in [5.41, 5.74) is 0. The topological polar surface area (TPSA) is 0 Å². The molecule has 0 N–H and O–H groups in total. The molecular weight excluding hydrogens is 133 g/mol. The zero-order valence-electron chi connectivity index (χ0n) is 2.44. The fourth-order valence-electron chi connectivity index (χ4n) is 0. The first kappa shape index (κ1) is 5.31. The summed E-state index contributed by atoms with van der Waals surface area (Å²) < 4.78 is 31.3. The molecule has 39 valence electrons. The molecule has 0 aliphatic heterocycles. The van der Waals surface area contributed by atoms with Crippen molar-refractivity contribution >= 4 is 0 Å². The quantitative estimate of drug-likeness (QED) is 0.445. The summed E-state index contributed by atoms with van der Waals surface area (Å²) in [5.74, 6) is 0.266. The van der Waals surface area contributed by atoms with Crippen molar-refractivity contribution in [3.8, 4) is 0 Å². The van der Waals surface area contributed by atoms with E-state index in [-0.39, 0.29) is 5.82 Å². The molecule has 0 amide bonds. The summed E-state index contributed by atoms with van der Waals surface area (Å²) in [6, 6.07) is 0. The molecule has 0 aromatic heterocycles. The van der Waals surface area contributed by atoms with Crippen molar-refractivity contribution in [3.05, 3.63) is 0 Å². The fraction of sp³-hybridized carbons (Fsp3) is 1.00. The molecule has 0 bridgehead atoms. The first-order valence-electron chi connectivity index (χ1n) is 0.643. The van der Waals surface area contributed by atoms with Gasteiger partial charge in [0.2, 0.25) is 0 Å². The standard InChI is InChI=1S/CH3.Cu.3FH/h1H3;;3*1H/q;+3;;;/p-3. The molecule has 0 rings (SSSR count). The van der Waals surface area contributed by atoms with E-state index in [1.54, 1.807) is 0 Å². The second kappa shape index (κ2) is 1.19.